The third-order valence-electron chi connectivity index (χ3n) is 4.33. The molecule has 17 heavy (non-hydrogen) atoms. The van der Waals surface area contributed by atoms with E-state index in [-0.39, 0.29) is 0 Å². The van der Waals surface area contributed by atoms with Crippen molar-refractivity contribution in [2.75, 3.05) is 20.1 Å². The van der Waals surface area contributed by atoms with Crippen molar-refractivity contribution < 1.29 is 4.79 Å². The smallest absolute Gasteiger partial charge is 0.225 e. The fraction of sp³-hybridized carbons (Fsp3) is 0.929. The predicted molar refractivity (Wildman–Crippen MR) is 69.8 cm³/mol. The van der Waals surface area contributed by atoms with Crippen molar-refractivity contribution in [1.82, 2.24) is 10.2 Å². The number of carbonyl (C=O) groups excluding carboxylic acids is 1. The quantitative estimate of drug-likeness (QED) is 0.798. The van der Waals surface area contributed by atoms with E-state index in [1.807, 2.05) is 7.05 Å². The Hall–Kier alpha value is -0.570. The molecule has 1 aliphatic carbocycles. The Morgan fingerprint density at radius 3 is 2.53 bits per heavy atom. The van der Waals surface area contributed by atoms with E-state index < -0.39 is 0 Å². The fourth-order valence-electron chi connectivity index (χ4n) is 3.35. The van der Waals surface area contributed by atoms with Gasteiger partial charge in [-0.15, -0.1) is 0 Å². The number of likely N-dealkylation sites (tertiary alicyclic amines) is 1. The normalized spacial score (nSPS) is 31.5. The summed E-state index contributed by atoms with van der Waals surface area (Å²) in [6, 6.07) is 0.492. The zero-order chi connectivity index (χ0) is 12.3. The van der Waals surface area contributed by atoms with Crippen molar-refractivity contribution >= 4 is 5.91 Å². The maximum Gasteiger partial charge on any atom is 0.225 e. The van der Waals surface area contributed by atoms with Crippen molar-refractivity contribution in [3.63, 3.8) is 0 Å². The molecule has 0 radical (unpaired) electrons. The van der Waals surface area contributed by atoms with E-state index in [9.17, 15) is 4.79 Å². The average molecular weight is 238 g/mol. The summed E-state index contributed by atoms with van der Waals surface area (Å²) < 4.78 is 0. The first-order valence-electron chi connectivity index (χ1n) is 7.16. The molecule has 1 saturated heterocycles. The van der Waals surface area contributed by atoms with Gasteiger partial charge in [0.2, 0.25) is 5.91 Å². The predicted octanol–water partition coefficient (Wildman–Crippen LogP) is 2.02. The molecule has 2 aliphatic rings. The highest BCUT2D eigenvalue weighted by Gasteiger charge is 2.31. The van der Waals surface area contributed by atoms with Gasteiger partial charge in [-0.3, -0.25) is 4.79 Å². The van der Waals surface area contributed by atoms with Crippen LogP contribution in [-0.4, -0.2) is 37.0 Å². The SMILES string of the molecule is CNC1CC(C)CN(C(=O)C2CCCCC2)C1. The number of nitrogens with zero attached hydrogens (tertiary/aromatic N) is 1. The van der Waals surface area contributed by atoms with Crippen LogP contribution in [0.4, 0.5) is 0 Å². The number of likely N-dealkylation sites (N-methyl/N-ethyl adjacent to an activating group) is 1. The van der Waals surface area contributed by atoms with Crippen molar-refractivity contribution in [3.05, 3.63) is 0 Å². The maximum atomic E-state index is 12.5. The minimum atomic E-state index is 0.326. The van der Waals surface area contributed by atoms with Crippen LogP contribution < -0.4 is 5.32 Å². The third kappa shape index (κ3) is 3.21. The van der Waals surface area contributed by atoms with Crippen LogP contribution in [0.25, 0.3) is 0 Å². The Kier molecular flexibility index (Phi) is 4.43. The van der Waals surface area contributed by atoms with Crippen molar-refractivity contribution in [1.29, 1.82) is 0 Å². The lowest BCUT2D eigenvalue weighted by Crippen LogP contribution is -2.51. The topological polar surface area (TPSA) is 32.3 Å². The molecule has 1 saturated carbocycles. The molecule has 98 valence electrons. The van der Waals surface area contributed by atoms with Gasteiger partial charge in [-0.2, -0.15) is 0 Å². The van der Waals surface area contributed by atoms with E-state index in [0.29, 0.717) is 23.8 Å². The minimum absolute atomic E-state index is 0.326. The Balaban J connectivity index is 1.93. The monoisotopic (exact) mass is 238 g/mol. The number of hydrogen-bond acceptors (Lipinski definition) is 2. The first-order valence-corrected chi connectivity index (χ1v) is 7.16. The first-order chi connectivity index (χ1) is 8.20. The third-order valence-corrected chi connectivity index (χ3v) is 4.33. The van der Waals surface area contributed by atoms with E-state index in [1.54, 1.807) is 0 Å². The van der Waals surface area contributed by atoms with Crippen LogP contribution in [0.1, 0.15) is 45.4 Å². The highest BCUT2D eigenvalue weighted by molar-refractivity contribution is 5.79. The van der Waals surface area contributed by atoms with Crippen molar-refractivity contribution in [2.45, 2.75) is 51.5 Å². The molecule has 3 heteroatoms. The Labute approximate surface area is 105 Å². The first kappa shape index (κ1) is 12.9. The molecular weight excluding hydrogens is 212 g/mol. The van der Waals surface area contributed by atoms with Gasteiger partial charge in [0.1, 0.15) is 0 Å². The van der Waals surface area contributed by atoms with Crippen molar-refractivity contribution in [3.8, 4) is 0 Å². The van der Waals surface area contributed by atoms with Gasteiger partial charge in [-0.25, -0.2) is 0 Å². The molecule has 1 amide bonds. The van der Waals surface area contributed by atoms with Crippen LogP contribution in [0.15, 0.2) is 0 Å². The molecule has 0 spiro atoms. The number of amides is 1. The van der Waals surface area contributed by atoms with E-state index in [2.05, 4.69) is 17.1 Å². The van der Waals surface area contributed by atoms with E-state index in [0.717, 1.165) is 25.9 Å². The van der Waals surface area contributed by atoms with E-state index >= 15 is 0 Å². The lowest BCUT2D eigenvalue weighted by molar-refractivity contribution is -0.138. The van der Waals surface area contributed by atoms with Crippen LogP contribution in [0.3, 0.4) is 0 Å². The van der Waals surface area contributed by atoms with Gasteiger partial charge >= 0.3 is 0 Å². The number of rotatable bonds is 2. The molecule has 1 N–H and O–H groups in total. The molecule has 0 aromatic carbocycles. The number of hydrogen-bond donors (Lipinski definition) is 1. The summed E-state index contributed by atoms with van der Waals surface area (Å²) in [5.41, 5.74) is 0. The van der Waals surface area contributed by atoms with Gasteiger partial charge in [0, 0.05) is 25.0 Å². The summed E-state index contributed by atoms with van der Waals surface area (Å²) in [6.45, 7) is 4.13. The molecule has 2 atom stereocenters. The molecular formula is C14H26N2O. The molecule has 1 aliphatic heterocycles. The summed E-state index contributed by atoms with van der Waals surface area (Å²) in [5.74, 6) is 1.39. The largest absolute Gasteiger partial charge is 0.341 e. The van der Waals surface area contributed by atoms with Crippen LogP contribution in [0.2, 0.25) is 0 Å². The summed E-state index contributed by atoms with van der Waals surface area (Å²) >= 11 is 0. The lowest BCUT2D eigenvalue weighted by Gasteiger charge is -2.38. The lowest BCUT2D eigenvalue weighted by atomic mass is 9.87. The second kappa shape index (κ2) is 5.85. The minimum Gasteiger partial charge on any atom is -0.341 e. The maximum absolute atomic E-state index is 12.5. The zero-order valence-electron chi connectivity index (χ0n) is 11.2. The summed E-state index contributed by atoms with van der Waals surface area (Å²) in [4.78, 5) is 14.6. The molecule has 0 aromatic heterocycles. The van der Waals surface area contributed by atoms with Gasteiger partial charge in [-0.1, -0.05) is 26.2 Å². The number of piperidine rings is 1. The van der Waals surface area contributed by atoms with Crippen molar-refractivity contribution in [2.24, 2.45) is 11.8 Å². The molecule has 1 heterocycles. The van der Waals surface area contributed by atoms with Crippen LogP contribution >= 0.6 is 0 Å². The number of carbonyl (C=O) groups is 1. The standard InChI is InChI=1S/C14H26N2O/c1-11-8-13(15-2)10-16(9-11)14(17)12-6-4-3-5-7-12/h11-13,15H,3-10H2,1-2H3. The van der Waals surface area contributed by atoms with Crippen LogP contribution in [-0.2, 0) is 4.79 Å². The summed E-state index contributed by atoms with van der Waals surface area (Å²) in [6.07, 6.45) is 7.25. The van der Waals surface area contributed by atoms with Crippen LogP contribution in [0.5, 0.6) is 0 Å². The molecule has 0 bridgehead atoms. The zero-order valence-corrected chi connectivity index (χ0v) is 11.2. The summed E-state index contributed by atoms with van der Waals surface area (Å²) in [7, 11) is 2.01. The number of nitrogens with one attached hydrogen (secondary N) is 1. The summed E-state index contributed by atoms with van der Waals surface area (Å²) in [5, 5.41) is 3.33. The van der Waals surface area contributed by atoms with Crippen LogP contribution in [0, 0.1) is 11.8 Å². The van der Waals surface area contributed by atoms with Gasteiger partial charge in [-0.05, 0) is 32.2 Å². The highest BCUT2D eigenvalue weighted by atomic mass is 16.2. The van der Waals surface area contributed by atoms with Gasteiger partial charge in [0.05, 0.1) is 0 Å². The van der Waals surface area contributed by atoms with Gasteiger partial charge < -0.3 is 10.2 Å². The molecule has 2 unspecified atom stereocenters. The second-order valence-corrected chi connectivity index (χ2v) is 5.90. The molecule has 3 nitrogen and oxygen atoms in total. The van der Waals surface area contributed by atoms with E-state index in [1.165, 1.54) is 25.7 Å². The second-order valence-electron chi connectivity index (χ2n) is 5.90. The molecule has 0 aromatic rings. The Bertz CT molecular complexity index is 261. The Morgan fingerprint density at radius 1 is 1.18 bits per heavy atom. The van der Waals surface area contributed by atoms with Gasteiger partial charge in [0.25, 0.3) is 0 Å². The van der Waals surface area contributed by atoms with Gasteiger partial charge in [0.15, 0.2) is 0 Å². The fourth-order valence-corrected chi connectivity index (χ4v) is 3.35. The average Bonchev–Trinajstić information content (AvgIpc) is 2.38. The molecule has 2 fully saturated rings. The highest BCUT2D eigenvalue weighted by Crippen LogP contribution is 2.27. The molecule has 2 rings (SSSR count). The Morgan fingerprint density at radius 2 is 1.88 bits per heavy atom. The van der Waals surface area contributed by atoms with E-state index in [4.69, 9.17) is 0 Å².